The zero-order valence-electron chi connectivity index (χ0n) is 6.63. The van der Waals surface area contributed by atoms with E-state index in [9.17, 15) is 5.11 Å². The SMILES string of the molecule is [CH2]C(O)c1cccc(CN)c1Br. The van der Waals surface area contributed by atoms with Crippen molar-refractivity contribution in [2.45, 2.75) is 12.6 Å². The van der Waals surface area contributed by atoms with E-state index in [-0.39, 0.29) is 0 Å². The smallest absolute Gasteiger partial charge is 0.0802 e. The van der Waals surface area contributed by atoms with Gasteiger partial charge in [0.25, 0.3) is 0 Å². The predicted octanol–water partition coefficient (Wildman–Crippen LogP) is 1.78. The number of aliphatic hydroxyl groups excluding tert-OH is 1. The van der Waals surface area contributed by atoms with Crippen LogP contribution in [0.5, 0.6) is 0 Å². The highest BCUT2D eigenvalue weighted by Gasteiger charge is 2.07. The van der Waals surface area contributed by atoms with Gasteiger partial charge in [-0.2, -0.15) is 0 Å². The van der Waals surface area contributed by atoms with Crippen LogP contribution in [-0.4, -0.2) is 5.11 Å². The van der Waals surface area contributed by atoms with Crippen molar-refractivity contribution in [1.82, 2.24) is 0 Å². The van der Waals surface area contributed by atoms with E-state index < -0.39 is 6.10 Å². The molecule has 3 heteroatoms. The Balaban J connectivity index is 3.14. The third kappa shape index (κ3) is 1.86. The molecule has 0 aliphatic rings. The number of rotatable bonds is 2. The van der Waals surface area contributed by atoms with E-state index in [1.54, 1.807) is 0 Å². The van der Waals surface area contributed by atoms with E-state index in [1.807, 2.05) is 18.2 Å². The first-order valence-corrected chi connectivity index (χ1v) is 4.44. The number of aliphatic hydroxyl groups is 1. The molecule has 2 nitrogen and oxygen atoms in total. The van der Waals surface area contributed by atoms with Crippen LogP contribution in [0.15, 0.2) is 22.7 Å². The molecule has 12 heavy (non-hydrogen) atoms. The van der Waals surface area contributed by atoms with E-state index in [2.05, 4.69) is 22.9 Å². The second-order valence-electron chi connectivity index (χ2n) is 2.54. The van der Waals surface area contributed by atoms with Crippen molar-refractivity contribution in [1.29, 1.82) is 0 Å². The summed E-state index contributed by atoms with van der Waals surface area (Å²) < 4.78 is 0.856. The van der Waals surface area contributed by atoms with E-state index in [0.29, 0.717) is 6.54 Å². The Kier molecular flexibility index (Phi) is 3.26. The molecule has 3 N–H and O–H groups in total. The van der Waals surface area contributed by atoms with Crippen LogP contribution in [-0.2, 0) is 6.54 Å². The molecular weight excluding hydrogens is 218 g/mol. The molecule has 0 fully saturated rings. The second kappa shape index (κ2) is 4.03. The lowest BCUT2D eigenvalue weighted by molar-refractivity contribution is 0.225. The van der Waals surface area contributed by atoms with Gasteiger partial charge in [-0.05, 0) is 18.1 Å². The quantitative estimate of drug-likeness (QED) is 0.811. The van der Waals surface area contributed by atoms with E-state index >= 15 is 0 Å². The topological polar surface area (TPSA) is 46.2 Å². The minimum absolute atomic E-state index is 0.459. The molecule has 0 bridgehead atoms. The summed E-state index contributed by atoms with van der Waals surface area (Å²) in [4.78, 5) is 0. The van der Waals surface area contributed by atoms with Gasteiger partial charge in [0, 0.05) is 11.0 Å². The molecule has 0 saturated carbocycles. The van der Waals surface area contributed by atoms with Gasteiger partial charge in [-0.3, -0.25) is 0 Å². The van der Waals surface area contributed by atoms with Crippen LogP contribution in [0.3, 0.4) is 0 Å². The lowest BCUT2D eigenvalue weighted by Gasteiger charge is -2.10. The van der Waals surface area contributed by atoms with Crippen LogP contribution in [0.1, 0.15) is 17.2 Å². The zero-order chi connectivity index (χ0) is 9.14. The third-order valence-electron chi connectivity index (χ3n) is 1.69. The highest BCUT2D eigenvalue weighted by molar-refractivity contribution is 9.10. The lowest BCUT2D eigenvalue weighted by Crippen LogP contribution is -2.01. The maximum absolute atomic E-state index is 9.24. The molecule has 0 aromatic heterocycles. The first-order chi connectivity index (χ1) is 5.66. The number of hydrogen-bond acceptors (Lipinski definition) is 2. The van der Waals surface area contributed by atoms with Gasteiger partial charge in [0.05, 0.1) is 6.10 Å². The molecule has 1 atom stereocenters. The molecule has 0 amide bonds. The highest BCUT2D eigenvalue weighted by Crippen LogP contribution is 2.26. The van der Waals surface area contributed by atoms with E-state index in [4.69, 9.17) is 5.73 Å². The third-order valence-corrected chi connectivity index (χ3v) is 2.65. The maximum Gasteiger partial charge on any atom is 0.0802 e. The fourth-order valence-corrected chi connectivity index (χ4v) is 1.71. The summed E-state index contributed by atoms with van der Waals surface area (Å²) in [6.07, 6.45) is -0.703. The average Bonchev–Trinajstić information content (AvgIpc) is 2.04. The number of halogens is 1. The fourth-order valence-electron chi connectivity index (χ4n) is 1.01. The van der Waals surface area contributed by atoms with Crippen LogP contribution < -0.4 is 5.73 Å². The van der Waals surface area contributed by atoms with Crippen molar-refractivity contribution >= 4 is 15.9 Å². The molecule has 0 aliphatic heterocycles. The molecule has 0 spiro atoms. The number of benzene rings is 1. The monoisotopic (exact) mass is 228 g/mol. The Morgan fingerprint density at radius 2 is 2.25 bits per heavy atom. The van der Waals surface area contributed by atoms with Crippen molar-refractivity contribution in [3.63, 3.8) is 0 Å². The van der Waals surface area contributed by atoms with Crippen molar-refractivity contribution in [2.75, 3.05) is 0 Å². The Morgan fingerprint density at radius 1 is 1.58 bits per heavy atom. The minimum atomic E-state index is -0.703. The first-order valence-electron chi connectivity index (χ1n) is 3.65. The Bertz CT molecular complexity index is 273. The molecule has 1 radical (unpaired) electrons. The molecule has 1 aromatic carbocycles. The minimum Gasteiger partial charge on any atom is -0.388 e. The maximum atomic E-state index is 9.24. The Morgan fingerprint density at radius 3 is 2.75 bits per heavy atom. The second-order valence-corrected chi connectivity index (χ2v) is 3.33. The summed E-state index contributed by atoms with van der Waals surface area (Å²) in [6.45, 7) is 3.99. The molecule has 1 rings (SSSR count). The molecule has 0 heterocycles. The largest absolute Gasteiger partial charge is 0.388 e. The standard InChI is InChI=1S/C9H11BrNO/c1-6(12)8-4-2-3-7(5-11)9(8)10/h2-4,6,12H,1,5,11H2. The first kappa shape index (κ1) is 9.71. The van der Waals surface area contributed by atoms with Gasteiger partial charge in [-0.25, -0.2) is 0 Å². The Labute approximate surface area is 80.5 Å². The molecule has 0 saturated heterocycles. The van der Waals surface area contributed by atoms with Crippen LogP contribution in [0.2, 0.25) is 0 Å². The summed E-state index contributed by atoms with van der Waals surface area (Å²) in [5.74, 6) is 0. The summed E-state index contributed by atoms with van der Waals surface area (Å²) in [6, 6.07) is 5.59. The zero-order valence-corrected chi connectivity index (χ0v) is 8.21. The van der Waals surface area contributed by atoms with Gasteiger partial charge in [0.2, 0.25) is 0 Å². The number of hydrogen-bond donors (Lipinski definition) is 2. The lowest BCUT2D eigenvalue weighted by atomic mass is 10.1. The van der Waals surface area contributed by atoms with Gasteiger partial charge >= 0.3 is 0 Å². The van der Waals surface area contributed by atoms with Crippen LogP contribution >= 0.6 is 15.9 Å². The van der Waals surface area contributed by atoms with Crippen LogP contribution in [0, 0.1) is 6.92 Å². The Hall–Kier alpha value is -0.380. The molecule has 65 valence electrons. The summed E-state index contributed by atoms with van der Waals surface area (Å²) in [7, 11) is 0. The molecule has 1 unspecified atom stereocenters. The fraction of sp³-hybridized carbons (Fsp3) is 0.222. The summed E-state index contributed by atoms with van der Waals surface area (Å²) >= 11 is 3.36. The van der Waals surface area contributed by atoms with Gasteiger partial charge in [-0.1, -0.05) is 34.1 Å². The van der Waals surface area contributed by atoms with Crippen molar-refractivity contribution in [3.05, 3.63) is 40.7 Å². The van der Waals surface area contributed by atoms with E-state index in [0.717, 1.165) is 15.6 Å². The van der Waals surface area contributed by atoms with Gasteiger partial charge in [-0.15, -0.1) is 0 Å². The van der Waals surface area contributed by atoms with Gasteiger partial charge in [0.1, 0.15) is 0 Å². The van der Waals surface area contributed by atoms with Gasteiger partial charge < -0.3 is 10.8 Å². The molecule has 1 aromatic rings. The summed E-state index contributed by atoms with van der Waals surface area (Å²) in [5, 5.41) is 9.24. The summed E-state index contributed by atoms with van der Waals surface area (Å²) in [5.41, 5.74) is 7.25. The van der Waals surface area contributed by atoms with Gasteiger partial charge in [0.15, 0.2) is 0 Å². The van der Waals surface area contributed by atoms with Crippen molar-refractivity contribution in [3.8, 4) is 0 Å². The predicted molar refractivity (Wildman–Crippen MR) is 52.4 cm³/mol. The van der Waals surface area contributed by atoms with Crippen molar-refractivity contribution < 1.29 is 5.11 Å². The molecule has 0 aliphatic carbocycles. The van der Waals surface area contributed by atoms with Crippen molar-refractivity contribution in [2.24, 2.45) is 5.73 Å². The van der Waals surface area contributed by atoms with Crippen LogP contribution in [0.4, 0.5) is 0 Å². The number of nitrogens with two attached hydrogens (primary N) is 1. The highest BCUT2D eigenvalue weighted by atomic mass is 79.9. The van der Waals surface area contributed by atoms with Crippen LogP contribution in [0.25, 0.3) is 0 Å². The molecular formula is C9H11BrNO. The normalized spacial score (nSPS) is 13.0. The van der Waals surface area contributed by atoms with E-state index in [1.165, 1.54) is 0 Å². The average molecular weight is 229 g/mol.